The molecule has 160 valence electrons. The number of pyridine rings is 1. The Morgan fingerprint density at radius 3 is 2.25 bits per heavy atom. The lowest BCUT2D eigenvalue weighted by atomic mass is 10.1. The maximum atomic E-state index is 13.2. The summed E-state index contributed by atoms with van der Waals surface area (Å²) in [6.07, 6.45) is 1.92. The van der Waals surface area contributed by atoms with Gasteiger partial charge in [-0.05, 0) is 48.7 Å². The number of nitrogens with one attached hydrogen (secondary N) is 1. The van der Waals surface area contributed by atoms with E-state index in [-0.39, 0.29) is 11.3 Å². The Balaban J connectivity index is 1.91. The third-order valence-corrected chi connectivity index (χ3v) is 5.74. The van der Waals surface area contributed by atoms with Crippen molar-refractivity contribution in [3.8, 4) is 5.75 Å². The van der Waals surface area contributed by atoms with Gasteiger partial charge in [-0.1, -0.05) is 36.4 Å². The first-order valence-corrected chi connectivity index (χ1v) is 11.1. The predicted molar refractivity (Wildman–Crippen MR) is 127 cm³/mol. The van der Waals surface area contributed by atoms with E-state index in [0.29, 0.717) is 22.2 Å². The van der Waals surface area contributed by atoms with Crippen LogP contribution in [-0.2, 0) is 7.05 Å². The Morgan fingerprint density at radius 1 is 0.938 bits per heavy atom. The molecule has 1 N–H and O–H groups in total. The zero-order valence-electron chi connectivity index (χ0n) is 17.5. The molecule has 6 nitrogen and oxygen atoms in total. The van der Waals surface area contributed by atoms with Crippen molar-refractivity contribution in [3.05, 3.63) is 100 Å². The van der Waals surface area contributed by atoms with Gasteiger partial charge in [0.25, 0.3) is 11.5 Å². The van der Waals surface area contributed by atoms with E-state index in [2.05, 4.69) is 5.32 Å². The molecular weight excluding hydrogens is 424 g/mol. The van der Waals surface area contributed by atoms with Gasteiger partial charge in [-0.15, -0.1) is 11.8 Å². The molecule has 0 unspecified atom stereocenters. The van der Waals surface area contributed by atoms with Crippen molar-refractivity contribution in [2.24, 2.45) is 7.05 Å². The Bertz CT molecular complexity index is 1370. The second-order valence-electron chi connectivity index (χ2n) is 7.03. The first-order chi connectivity index (χ1) is 15.5. The number of ether oxygens (including phenoxy) is 1. The van der Waals surface area contributed by atoms with E-state index in [0.717, 1.165) is 4.90 Å². The van der Waals surface area contributed by atoms with Gasteiger partial charge in [-0.25, -0.2) is 4.79 Å². The molecule has 4 aromatic rings. The van der Waals surface area contributed by atoms with Gasteiger partial charge in [0.15, 0.2) is 5.75 Å². The molecule has 0 fully saturated rings. The Hall–Kier alpha value is -3.84. The molecule has 0 aliphatic heterocycles. The first-order valence-electron chi connectivity index (χ1n) is 9.84. The Kier molecular flexibility index (Phi) is 6.09. The second-order valence-corrected chi connectivity index (χ2v) is 7.91. The third kappa shape index (κ3) is 4.15. The van der Waals surface area contributed by atoms with Crippen LogP contribution >= 0.6 is 11.8 Å². The SMILES string of the molecule is CSc1ccc2c(c1)c(OC(=O)c1ccccc1)c(C(=O)Nc1ccccc1)c(=O)n2C. The molecule has 0 saturated carbocycles. The topological polar surface area (TPSA) is 77.4 Å². The summed E-state index contributed by atoms with van der Waals surface area (Å²) < 4.78 is 7.10. The van der Waals surface area contributed by atoms with Crippen molar-refractivity contribution in [1.82, 2.24) is 4.57 Å². The summed E-state index contributed by atoms with van der Waals surface area (Å²) in [6, 6.07) is 22.7. The molecule has 32 heavy (non-hydrogen) atoms. The maximum absolute atomic E-state index is 13.2. The lowest BCUT2D eigenvalue weighted by molar-refractivity contribution is 0.0735. The average Bonchev–Trinajstić information content (AvgIpc) is 2.83. The van der Waals surface area contributed by atoms with Crippen LogP contribution in [0.15, 0.2) is 88.6 Å². The highest BCUT2D eigenvalue weighted by molar-refractivity contribution is 7.98. The van der Waals surface area contributed by atoms with E-state index < -0.39 is 17.4 Å². The standard InChI is InChI=1S/C25H20N2O4S/c1-27-20-14-13-18(32-2)15-19(20)22(31-25(30)16-9-5-3-6-10-16)21(24(27)29)23(28)26-17-11-7-4-8-12-17/h3-15H,1-2H3,(H,26,28). The fourth-order valence-corrected chi connectivity index (χ4v) is 3.81. The monoisotopic (exact) mass is 444 g/mol. The van der Waals surface area contributed by atoms with E-state index in [1.807, 2.05) is 24.5 Å². The number of nitrogens with zero attached hydrogens (tertiary/aromatic N) is 1. The van der Waals surface area contributed by atoms with E-state index in [1.54, 1.807) is 67.7 Å². The van der Waals surface area contributed by atoms with Gasteiger partial charge in [0.05, 0.1) is 11.1 Å². The van der Waals surface area contributed by atoms with Gasteiger partial charge in [-0.3, -0.25) is 9.59 Å². The average molecular weight is 445 g/mol. The van der Waals surface area contributed by atoms with Crippen molar-refractivity contribution < 1.29 is 14.3 Å². The molecule has 7 heteroatoms. The molecule has 3 aromatic carbocycles. The van der Waals surface area contributed by atoms with Crippen LogP contribution in [0.5, 0.6) is 5.75 Å². The number of esters is 1. The van der Waals surface area contributed by atoms with Gasteiger partial charge in [0.1, 0.15) is 5.56 Å². The number of hydrogen-bond donors (Lipinski definition) is 1. The first kappa shape index (κ1) is 21.4. The summed E-state index contributed by atoms with van der Waals surface area (Å²) in [6.45, 7) is 0. The largest absolute Gasteiger partial charge is 0.421 e. The number of rotatable bonds is 5. The number of carbonyl (C=O) groups excluding carboxylic acids is 2. The molecule has 0 atom stereocenters. The summed E-state index contributed by atoms with van der Waals surface area (Å²) in [7, 11) is 1.59. The zero-order valence-corrected chi connectivity index (χ0v) is 18.3. The minimum absolute atomic E-state index is 0.0544. The fourth-order valence-electron chi connectivity index (χ4n) is 3.37. The van der Waals surface area contributed by atoms with Crippen LogP contribution < -0.4 is 15.6 Å². The van der Waals surface area contributed by atoms with Crippen LogP contribution in [0.4, 0.5) is 5.69 Å². The molecule has 1 heterocycles. The number of anilines is 1. The third-order valence-electron chi connectivity index (χ3n) is 5.02. The highest BCUT2D eigenvalue weighted by Gasteiger charge is 2.25. The van der Waals surface area contributed by atoms with Gasteiger partial charge in [0, 0.05) is 23.0 Å². The van der Waals surface area contributed by atoms with Crippen molar-refractivity contribution >= 4 is 40.2 Å². The van der Waals surface area contributed by atoms with Crippen LogP contribution in [0.1, 0.15) is 20.7 Å². The number of amides is 1. The zero-order chi connectivity index (χ0) is 22.7. The minimum Gasteiger partial charge on any atom is -0.421 e. The predicted octanol–water partition coefficient (Wildman–Crippen LogP) is 4.73. The molecule has 0 saturated heterocycles. The lowest BCUT2D eigenvalue weighted by Crippen LogP contribution is -2.30. The van der Waals surface area contributed by atoms with Crippen molar-refractivity contribution in [3.63, 3.8) is 0 Å². The van der Waals surface area contributed by atoms with E-state index in [1.165, 1.54) is 16.3 Å². The number of aromatic nitrogens is 1. The van der Waals surface area contributed by atoms with Crippen molar-refractivity contribution in [1.29, 1.82) is 0 Å². The molecule has 0 spiro atoms. The van der Waals surface area contributed by atoms with Crippen LogP contribution in [0.3, 0.4) is 0 Å². The fraction of sp³-hybridized carbons (Fsp3) is 0.0800. The molecule has 4 rings (SSSR count). The molecular formula is C25H20N2O4S. The van der Waals surface area contributed by atoms with Crippen LogP contribution in [0, 0.1) is 0 Å². The van der Waals surface area contributed by atoms with Gasteiger partial charge in [0.2, 0.25) is 0 Å². The summed E-state index contributed by atoms with van der Waals surface area (Å²) in [5.41, 5.74) is 0.611. The number of benzene rings is 3. The van der Waals surface area contributed by atoms with Crippen LogP contribution in [0.2, 0.25) is 0 Å². The van der Waals surface area contributed by atoms with E-state index in [9.17, 15) is 14.4 Å². The molecule has 0 radical (unpaired) electrons. The van der Waals surface area contributed by atoms with E-state index in [4.69, 9.17) is 4.74 Å². The van der Waals surface area contributed by atoms with Crippen molar-refractivity contribution in [2.75, 3.05) is 11.6 Å². The summed E-state index contributed by atoms with van der Waals surface area (Å²) in [5, 5.41) is 3.23. The van der Waals surface area contributed by atoms with Crippen LogP contribution in [-0.4, -0.2) is 22.7 Å². The van der Waals surface area contributed by atoms with Gasteiger partial charge in [-0.2, -0.15) is 0 Å². The number of carbonyl (C=O) groups is 2. The number of para-hydroxylation sites is 1. The van der Waals surface area contributed by atoms with Crippen molar-refractivity contribution in [2.45, 2.75) is 4.90 Å². The maximum Gasteiger partial charge on any atom is 0.343 e. The molecule has 0 aliphatic rings. The smallest absolute Gasteiger partial charge is 0.343 e. The highest BCUT2D eigenvalue weighted by Crippen LogP contribution is 2.32. The molecule has 0 aliphatic carbocycles. The second kappa shape index (κ2) is 9.11. The van der Waals surface area contributed by atoms with E-state index >= 15 is 0 Å². The molecule has 1 aromatic heterocycles. The summed E-state index contributed by atoms with van der Waals surface area (Å²) in [5.74, 6) is -1.35. The lowest BCUT2D eigenvalue weighted by Gasteiger charge is -2.16. The Labute approximate surface area is 188 Å². The number of fused-ring (bicyclic) bond motifs is 1. The van der Waals surface area contributed by atoms with Gasteiger partial charge < -0.3 is 14.6 Å². The summed E-state index contributed by atoms with van der Waals surface area (Å²) in [4.78, 5) is 40.2. The number of thioether (sulfide) groups is 1. The number of hydrogen-bond acceptors (Lipinski definition) is 5. The Morgan fingerprint density at radius 2 is 1.59 bits per heavy atom. The highest BCUT2D eigenvalue weighted by atomic mass is 32.2. The number of aryl methyl sites for hydroxylation is 1. The summed E-state index contributed by atoms with van der Waals surface area (Å²) >= 11 is 1.51. The van der Waals surface area contributed by atoms with Crippen LogP contribution in [0.25, 0.3) is 10.9 Å². The minimum atomic E-state index is -0.650. The van der Waals surface area contributed by atoms with Gasteiger partial charge >= 0.3 is 5.97 Å². The quantitative estimate of drug-likeness (QED) is 0.356. The normalized spacial score (nSPS) is 10.7. The molecule has 1 amide bonds. The molecule has 0 bridgehead atoms.